The van der Waals surface area contributed by atoms with E-state index in [0.717, 1.165) is 20.8 Å². The third kappa shape index (κ3) is 2.67. The van der Waals surface area contributed by atoms with Crippen molar-refractivity contribution in [3.8, 4) is 0 Å². The van der Waals surface area contributed by atoms with Crippen LogP contribution in [-0.4, -0.2) is 33.1 Å². The Hall–Kier alpha value is -1.83. The minimum Gasteiger partial charge on any atom is -0.462 e. The molecule has 4 heterocycles. The zero-order valence-electron chi connectivity index (χ0n) is 14.1. The summed E-state index contributed by atoms with van der Waals surface area (Å²) in [4.78, 5) is 26.6. The molecule has 1 aliphatic heterocycles. The smallest absolute Gasteiger partial charge is 0.339 e. The summed E-state index contributed by atoms with van der Waals surface area (Å²) in [6, 6.07) is 0. The lowest BCUT2D eigenvalue weighted by Gasteiger charge is -2.32. The average molecular weight is 378 g/mol. The fourth-order valence-electron chi connectivity index (χ4n) is 3.11. The van der Waals surface area contributed by atoms with Gasteiger partial charge in [-0.2, -0.15) is 0 Å². The predicted molar refractivity (Wildman–Crippen MR) is 96.3 cm³/mol. The molecule has 0 atom stereocenters. The van der Waals surface area contributed by atoms with Crippen molar-refractivity contribution in [2.75, 3.05) is 6.61 Å². The number of fused-ring (bicyclic) bond motifs is 4. The first-order chi connectivity index (χ1) is 11.9. The van der Waals surface area contributed by atoms with E-state index in [2.05, 4.69) is 9.97 Å². The maximum absolute atomic E-state index is 12.7. The molecule has 0 spiro atoms. The van der Waals surface area contributed by atoms with Crippen LogP contribution in [0.25, 0.3) is 20.4 Å². The number of esters is 1. The van der Waals surface area contributed by atoms with Crippen LogP contribution in [-0.2, 0) is 22.5 Å². The van der Waals surface area contributed by atoms with Gasteiger partial charge in [-0.1, -0.05) is 11.6 Å². The molecule has 0 amide bonds. The molecular formula is C17H16ClN3O3S. The Morgan fingerprint density at radius 3 is 3.00 bits per heavy atom. The molecule has 0 unspecified atom stereocenters. The van der Waals surface area contributed by atoms with Crippen LogP contribution in [0.15, 0.2) is 6.33 Å². The lowest BCUT2D eigenvalue weighted by atomic mass is 9.92. The summed E-state index contributed by atoms with van der Waals surface area (Å²) in [5, 5.41) is 1.03. The fourth-order valence-corrected chi connectivity index (χ4v) is 4.40. The Labute approximate surface area is 153 Å². The van der Waals surface area contributed by atoms with E-state index in [1.807, 2.05) is 13.8 Å². The Morgan fingerprint density at radius 2 is 2.24 bits per heavy atom. The maximum Gasteiger partial charge on any atom is 0.339 e. The van der Waals surface area contributed by atoms with Gasteiger partial charge in [0, 0.05) is 12.0 Å². The van der Waals surface area contributed by atoms with Crippen molar-refractivity contribution in [3.63, 3.8) is 0 Å². The van der Waals surface area contributed by atoms with Gasteiger partial charge in [0.25, 0.3) is 0 Å². The molecule has 1 aliphatic rings. The molecule has 3 aromatic heterocycles. The van der Waals surface area contributed by atoms with Crippen molar-refractivity contribution in [1.82, 2.24) is 15.0 Å². The number of carbonyl (C=O) groups excluding carboxylic acids is 1. The molecule has 130 valence electrons. The Bertz CT molecular complexity index is 1020. The van der Waals surface area contributed by atoms with Crippen molar-refractivity contribution in [3.05, 3.63) is 28.3 Å². The number of carbonyl (C=O) groups is 1. The van der Waals surface area contributed by atoms with Gasteiger partial charge in [-0.25, -0.2) is 19.7 Å². The standard InChI is InChI=1S/C17H16ClN3O3S/c1-4-23-16(22)10-8-6-24-17(2,3)5-9(8)21-15-11(10)12-13(25-15)14(18)20-7-19-12/h7H,4-6H2,1-3H3. The maximum atomic E-state index is 12.7. The fraction of sp³-hybridized carbons (Fsp3) is 0.412. The highest BCUT2D eigenvalue weighted by Gasteiger charge is 2.33. The van der Waals surface area contributed by atoms with Crippen LogP contribution in [0.3, 0.4) is 0 Å². The van der Waals surface area contributed by atoms with E-state index < -0.39 is 0 Å². The van der Waals surface area contributed by atoms with Gasteiger partial charge in [-0.3, -0.25) is 0 Å². The summed E-state index contributed by atoms with van der Waals surface area (Å²) in [7, 11) is 0. The molecule has 3 aromatic rings. The lowest BCUT2D eigenvalue weighted by molar-refractivity contribution is -0.0416. The number of halogens is 1. The summed E-state index contributed by atoms with van der Waals surface area (Å²) in [6.45, 7) is 6.42. The number of rotatable bonds is 2. The van der Waals surface area contributed by atoms with Crippen molar-refractivity contribution >= 4 is 49.3 Å². The Kier molecular flexibility index (Phi) is 3.90. The summed E-state index contributed by atoms with van der Waals surface area (Å²) < 4.78 is 11.9. The van der Waals surface area contributed by atoms with Gasteiger partial charge < -0.3 is 9.47 Å². The number of aromatic nitrogens is 3. The minimum atomic E-state index is -0.385. The van der Waals surface area contributed by atoms with E-state index >= 15 is 0 Å². The van der Waals surface area contributed by atoms with Gasteiger partial charge in [0.1, 0.15) is 16.3 Å². The minimum absolute atomic E-state index is 0.293. The van der Waals surface area contributed by atoms with Crippen LogP contribution in [0.5, 0.6) is 0 Å². The second kappa shape index (κ2) is 5.86. The highest BCUT2D eigenvalue weighted by molar-refractivity contribution is 7.26. The van der Waals surface area contributed by atoms with Crippen molar-refractivity contribution < 1.29 is 14.3 Å². The molecule has 6 nitrogen and oxygen atoms in total. The SMILES string of the molecule is CCOC(=O)c1c2c(nc3sc4c(Cl)ncnc4c13)CC(C)(C)OC2. The van der Waals surface area contributed by atoms with Gasteiger partial charge in [0.05, 0.1) is 45.7 Å². The second-order valence-electron chi connectivity index (χ2n) is 6.48. The van der Waals surface area contributed by atoms with Crippen molar-refractivity contribution in [1.29, 1.82) is 0 Å². The largest absolute Gasteiger partial charge is 0.462 e. The third-order valence-electron chi connectivity index (χ3n) is 4.23. The second-order valence-corrected chi connectivity index (χ2v) is 7.84. The van der Waals surface area contributed by atoms with E-state index in [-0.39, 0.29) is 11.6 Å². The Morgan fingerprint density at radius 1 is 1.44 bits per heavy atom. The van der Waals surface area contributed by atoms with Gasteiger partial charge in [-0.05, 0) is 20.8 Å². The molecule has 8 heteroatoms. The summed E-state index contributed by atoms with van der Waals surface area (Å²) in [5.74, 6) is -0.385. The zero-order valence-corrected chi connectivity index (χ0v) is 15.6. The van der Waals surface area contributed by atoms with E-state index in [1.54, 1.807) is 6.92 Å². The number of hydrogen-bond acceptors (Lipinski definition) is 7. The normalized spacial score (nSPS) is 16.2. The van der Waals surface area contributed by atoms with Crippen LogP contribution in [0.4, 0.5) is 0 Å². The van der Waals surface area contributed by atoms with Crippen LogP contribution in [0.2, 0.25) is 5.15 Å². The van der Waals surface area contributed by atoms with Crippen LogP contribution < -0.4 is 0 Å². The third-order valence-corrected chi connectivity index (χ3v) is 5.70. The first-order valence-corrected chi connectivity index (χ1v) is 9.16. The topological polar surface area (TPSA) is 74.2 Å². The molecule has 0 aliphatic carbocycles. The number of nitrogens with zero attached hydrogens (tertiary/aromatic N) is 3. The van der Waals surface area contributed by atoms with Gasteiger partial charge in [-0.15, -0.1) is 11.3 Å². The molecule has 0 N–H and O–H groups in total. The number of hydrogen-bond donors (Lipinski definition) is 0. The molecule has 0 fully saturated rings. The zero-order chi connectivity index (χ0) is 17.8. The summed E-state index contributed by atoms with van der Waals surface area (Å²) in [5.41, 5.74) is 2.43. The van der Waals surface area contributed by atoms with E-state index in [9.17, 15) is 4.79 Å². The van der Waals surface area contributed by atoms with Crippen LogP contribution >= 0.6 is 22.9 Å². The molecule has 0 saturated carbocycles. The predicted octanol–water partition coefficient (Wildman–Crippen LogP) is 3.92. The molecule has 0 saturated heterocycles. The number of thiophene rings is 1. The molecule has 25 heavy (non-hydrogen) atoms. The number of pyridine rings is 1. The molecule has 0 bridgehead atoms. The van der Waals surface area contributed by atoms with E-state index in [4.69, 9.17) is 26.1 Å². The summed E-state index contributed by atoms with van der Waals surface area (Å²) in [6.07, 6.45) is 2.02. The Balaban J connectivity index is 2.10. The molecular weight excluding hydrogens is 362 g/mol. The first kappa shape index (κ1) is 16.6. The quantitative estimate of drug-likeness (QED) is 0.497. The highest BCUT2D eigenvalue weighted by atomic mass is 35.5. The molecule has 4 rings (SSSR count). The van der Waals surface area contributed by atoms with Crippen molar-refractivity contribution in [2.24, 2.45) is 0 Å². The summed E-state index contributed by atoms with van der Waals surface area (Å²) >= 11 is 7.61. The monoisotopic (exact) mass is 377 g/mol. The van der Waals surface area contributed by atoms with Gasteiger partial charge in [0.15, 0.2) is 0 Å². The highest BCUT2D eigenvalue weighted by Crippen LogP contribution is 2.40. The molecule has 0 aromatic carbocycles. The van der Waals surface area contributed by atoms with Crippen LogP contribution in [0, 0.1) is 0 Å². The van der Waals surface area contributed by atoms with E-state index in [0.29, 0.717) is 41.3 Å². The van der Waals surface area contributed by atoms with Gasteiger partial charge in [0.2, 0.25) is 0 Å². The average Bonchev–Trinajstić information content (AvgIpc) is 2.91. The lowest BCUT2D eigenvalue weighted by Crippen LogP contribution is -2.33. The van der Waals surface area contributed by atoms with Gasteiger partial charge >= 0.3 is 5.97 Å². The molecule has 0 radical (unpaired) electrons. The van der Waals surface area contributed by atoms with Crippen molar-refractivity contribution in [2.45, 2.75) is 39.4 Å². The first-order valence-electron chi connectivity index (χ1n) is 7.97. The van der Waals surface area contributed by atoms with E-state index in [1.165, 1.54) is 17.7 Å². The number of ether oxygens (including phenoxy) is 2. The van der Waals surface area contributed by atoms with Crippen LogP contribution in [0.1, 0.15) is 42.4 Å².